The molecule has 0 fully saturated rings. The number of rotatable bonds is 4. The Hall–Kier alpha value is -9.54. The van der Waals surface area contributed by atoms with Gasteiger partial charge in [0, 0.05) is 58.1 Å². The molecule has 0 amide bonds. The largest absolute Gasteiger partial charge is 0.455 e. The minimum Gasteiger partial charge on any atom is -0.455 e. The lowest BCUT2D eigenvalue weighted by Crippen LogP contribution is -1.91. The number of fused-ring (bicyclic) bond motifs is 17. The average molecular weight is 969 g/mol. The van der Waals surface area contributed by atoms with E-state index < -0.39 is 0 Å². The van der Waals surface area contributed by atoms with Crippen molar-refractivity contribution in [1.82, 2.24) is 0 Å². The van der Waals surface area contributed by atoms with Crippen LogP contribution < -0.4 is 0 Å². The van der Waals surface area contributed by atoms with Gasteiger partial charge in [0.25, 0.3) is 0 Å². The molecule has 0 aliphatic heterocycles. The second-order valence-corrected chi connectivity index (χ2v) is 21.2. The Morgan fingerprint density at radius 2 is 0.613 bits per heavy atom. The van der Waals surface area contributed by atoms with Gasteiger partial charge in [-0.25, -0.2) is 0 Å². The van der Waals surface area contributed by atoms with Crippen LogP contribution in [0, 0.1) is 0 Å². The molecule has 0 aliphatic carbocycles. The number of furan rings is 2. The van der Waals surface area contributed by atoms with Crippen LogP contribution in [0.3, 0.4) is 0 Å². The van der Waals surface area contributed by atoms with Crippen LogP contribution in [0.5, 0.6) is 0 Å². The third kappa shape index (κ3) is 5.84. The van der Waals surface area contributed by atoms with Gasteiger partial charge in [-0.05, 0) is 141 Å². The van der Waals surface area contributed by atoms with Gasteiger partial charge in [-0.3, -0.25) is 0 Å². The van der Waals surface area contributed by atoms with Crippen molar-refractivity contribution in [2.24, 2.45) is 0 Å². The Labute approximate surface area is 433 Å². The Morgan fingerprint density at radius 3 is 1.07 bits per heavy atom. The Bertz CT molecular complexity index is 5200. The highest BCUT2D eigenvalue weighted by molar-refractivity contribution is 7.26. The highest BCUT2D eigenvalue weighted by Gasteiger charge is 2.23. The molecular weight excluding hydrogens is 929 g/mol. The molecule has 0 saturated heterocycles. The summed E-state index contributed by atoms with van der Waals surface area (Å²) in [6.45, 7) is 0. The fraction of sp³-hybridized carbons (Fsp3) is 0. The van der Waals surface area contributed by atoms with Gasteiger partial charge in [-0.1, -0.05) is 194 Å². The standard InChI is InChI=1S/C72H40O2S/c1-3-16-46-41(14-1)28-33-56-60-38-43(30-35-63(60)73-70(46)56)66-48-18-5-7-20-50(48)68(51-21-8-6-19-49(51)66)45-32-37-65-62(40-45)58-26-13-27-59(72(58)75-65)69-54-24-11-9-22-52(54)67(53-23-10-12-25-55(53)69)44-31-36-64-61(39-44)57-34-29-42-15-2-4-17-47(42)71(57)74-64/h1-40H. The quantitative estimate of drug-likeness (QED) is 0.164. The van der Waals surface area contributed by atoms with Crippen LogP contribution >= 0.6 is 11.3 Å². The molecule has 0 bridgehead atoms. The number of hydrogen-bond donors (Lipinski definition) is 0. The molecule has 346 valence electrons. The summed E-state index contributed by atoms with van der Waals surface area (Å²) in [6, 6.07) is 89.4. The maximum absolute atomic E-state index is 6.59. The molecule has 75 heavy (non-hydrogen) atoms. The van der Waals surface area contributed by atoms with E-state index in [-0.39, 0.29) is 0 Å². The second-order valence-electron chi connectivity index (χ2n) is 20.1. The molecule has 2 nitrogen and oxygen atoms in total. The highest BCUT2D eigenvalue weighted by atomic mass is 32.1. The molecule has 14 aromatic carbocycles. The lowest BCUT2D eigenvalue weighted by molar-refractivity contribution is 0.672. The molecule has 0 saturated carbocycles. The van der Waals surface area contributed by atoms with Crippen LogP contribution in [0.25, 0.3) is 173 Å². The van der Waals surface area contributed by atoms with Crippen molar-refractivity contribution in [3.8, 4) is 44.5 Å². The van der Waals surface area contributed by atoms with Gasteiger partial charge in [0.05, 0.1) is 0 Å². The van der Waals surface area contributed by atoms with Crippen LogP contribution in [0.1, 0.15) is 0 Å². The van der Waals surface area contributed by atoms with Crippen molar-refractivity contribution in [1.29, 1.82) is 0 Å². The molecule has 3 heterocycles. The third-order valence-corrected chi connectivity index (χ3v) is 17.4. The van der Waals surface area contributed by atoms with Gasteiger partial charge in [0.1, 0.15) is 22.3 Å². The zero-order valence-corrected chi connectivity index (χ0v) is 41.1. The maximum Gasteiger partial charge on any atom is 0.143 e. The average Bonchev–Trinajstić information content (AvgIpc) is 4.20. The fourth-order valence-electron chi connectivity index (χ4n) is 13.0. The summed E-state index contributed by atoms with van der Waals surface area (Å²) in [5.74, 6) is 0. The summed E-state index contributed by atoms with van der Waals surface area (Å²) >= 11 is 1.90. The van der Waals surface area contributed by atoms with Crippen LogP contribution in [-0.2, 0) is 0 Å². The molecule has 0 spiro atoms. The molecule has 0 aliphatic rings. The predicted molar refractivity (Wildman–Crippen MR) is 321 cm³/mol. The normalized spacial score (nSPS) is 12.3. The van der Waals surface area contributed by atoms with Crippen LogP contribution in [0.4, 0.5) is 0 Å². The van der Waals surface area contributed by atoms with Crippen molar-refractivity contribution in [2.45, 2.75) is 0 Å². The molecule has 0 N–H and O–H groups in total. The zero-order valence-electron chi connectivity index (χ0n) is 40.3. The highest BCUT2D eigenvalue weighted by Crippen LogP contribution is 2.51. The first-order valence-corrected chi connectivity index (χ1v) is 26.5. The number of benzene rings is 14. The third-order valence-electron chi connectivity index (χ3n) is 16.2. The van der Waals surface area contributed by atoms with E-state index in [0.29, 0.717) is 0 Å². The van der Waals surface area contributed by atoms with Crippen LogP contribution in [-0.4, -0.2) is 0 Å². The van der Waals surface area contributed by atoms with Crippen LogP contribution in [0.2, 0.25) is 0 Å². The minimum absolute atomic E-state index is 0.903. The molecule has 0 unspecified atom stereocenters. The number of thiophene rings is 1. The predicted octanol–water partition coefficient (Wildman–Crippen LogP) is 21.4. The SMILES string of the molecule is c1ccc2c(c1)ccc1c3cc(-c4c5ccccc5c(-c5ccc6sc7c(-c8c9ccccc9c(-c9ccc%10oc%11c%12ccccc%12ccc%11c%10c9)c9ccccc89)cccc7c6c5)c5ccccc45)ccc3oc21. The zero-order chi connectivity index (χ0) is 48.9. The molecule has 17 rings (SSSR count). The topological polar surface area (TPSA) is 26.3 Å². The van der Waals surface area contributed by atoms with E-state index in [0.717, 1.165) is 54.6 Å². The van der Waals surface area contributed by atoms with Gasteiger partial charge >= 0.3 is 0 Å². The summed E-state index contributed by atoms with van der Waals surface area (Å²) in [4.78, 5) is 0. The monoisotopic (exact) mass is 968 g/mol. The first-order chi connectivity index (χ1) is 37.2. The molecule has 3 heteroatoms. The molecule has 0 radical (unpaired) electrons. The summed E-state index contributed by atoms with van der Waals surface area (Å²) in [5.41, 5.74) is 13.5. The van der Waals surface area contributed by atoms with Crippen molar-refractivity contribution in [3.05, 3.63) is 243 Å². The summed E-state index contributed by atoms with van der Waals surface area (Å²) in [5, 5.41) is 21.6. The van der Waals surface area contributed by atoms with E-state index >= 15 is 0 Å². The second kappa shape index (κ2) is 15.5. The summed E-state index contributed by atoms with van der Waals surface area (Å²) in [6.07, 6.45) is 0. The first-order valence-electron chi connectivity index (χ1n) is 25.7. The van der Waals surface area contributed by atoms with Crippen LogP contribution in [0.15, 0.2) is 251 Å². The van der Waals surface area contributed by atoms with Gasteiger partial charge in [-0.2, -0.15) is 0 Å². The molecule has 0 atom stereocenters. The van der Waals surface area contributed by atoms with E-state index in [9.17, 15) is 0 Å². The van der Waals surface area contributed by atoms with E-state index in [4.69, 9.17) is 8.83 Å². The number of hydrogen-bond acceptors (Lipinski definition) is 3. The van der Waals surface area contributed by atoms with Gasteiger partial charge in [0.2, 0.25) is 0 Å². The Balaban J connectivity index is 0.843. The first kappa shape index (κ1) is 41.0. The smallest absolute Gasteiger partial charge is 0.143 e. The summed E-state index contributed by atoms with van der Waals surface area (Å²) in [7, 11) is 0. The van der Waals surface area contributed by atoms with Crippen molar-refractivity contribution < 1.29 is 8.83 Å². The molecular formula is C72H40O2S. The van der Waals surface area contributed by atoms with Gasteiger partial charge < -0.3 is 8.83 Å². The van der Waals surface area contributed by atoms with E-state index in [1.807, 2.05) is 11.3 Å². The van der Waals surface area contributed by atoms with E-state index in [1.165, 1.54) is 119 Å². The molecule has 3 aromatic heterocycles. The van der Waals surface area contributed by atoms with Crippen molar-refractivity contribution in [3.63, 3.8) is 0 Å². The molecule has 17 aromatic rings. The van der Waals surface area contributed by atoms with Crippen molar-refractivity contribution in [2.75, 3.05) is 0 Å². The van der Waals surface area contributed by atoms with Gasteiger partial charge in [-0.15, -0.1) is 11.3 Å². The van der Waals surface area contributed by atoms with E-state index in [1.54, 1.807) is 0 Å². The minimum atomic E-state index is 0.903. The van der Waals surface area contributed by atoms with E-state index in [2.05, 4.69) is 243 Å². The lowest BCUT2D eigenvalue weighted by atomic mass is 9.85. The Kier molecular flexibility index (Phi) is 8.46. The van der Waals surface area contributed by atoms with Crippen molar-refractivity contribution >= 4 is 140 Å². The summed E-state index contributed by atoms with van der Waals surface area (Å²) < 4.78 is 15.8. The Morgan fingerprint density at radius 1 is 0.240 bits per heavy atom. The van der Waals surface area contributed by atoms with Gasteiger partial charge in [0.15, 0.2) is 0 Å². The lowest BCUT2D eigenvalue weighted by Gasteiger charge is -2.18. The maximum atomic E-state index is 6.59. The fourth-order valence-corrected chi connectivity index (χ4v) is 14.2.